The lowest BCUT2D eigenvalue weighted by molar-refractivity contribution is -0.119. The van der Waals surface area contributed by atoms with Gasteiger partial charge in [0.05, 0.1) is 26.2 Å². The first-order valence-electron chi connectivity index (χ1n) is 8.29. The first-order valence-corrected chi connectivity index (χ1v) is 11.0. The second-order valence-electron chi connectivity index (χ2n) is 6.13. The monoisotopic (exact) mass is 411 g/mol. The van der Waals surface area contributed by atoms with Gasteiger partial charge in [-0.1, -0.05) is 0 Å². The van der Waals surface area contributed by atoms with E-state index < -0.39 is 16.1 Å². The average Bonchev–Trinajstić information content (AvgIpc) is 3.30. The van der Waals surface area contributed by atoms with Crippen molar-refractivity contribution in [3.8, 4) is 22.8 Å². The van der Waals surface area contributed by atoms with Gasteiger partial charge in [0.1, 0.15) is 17.5 Å². The van der Waals surface area contributed by atoms with Crippen LogP contribution in [0.25, 0.3) is 11.3 Å². The highest BCUT2D eigenvalue weighted by atomic mass is 32.2. The van der Waals surface area contributed by atoms with Gasteiger partial charge in [0, 0.05) is 17.5 Å². The predicted molar refractivity (Wildman–Crippen MR) is 104 cm³/mol. The standard InChI is InChI=1S/C17H21N3O5S2/c1-24-11-6-7-15(25-2)12(9-11)13-10-26-17(18-13)19-16(21)14-5-4-8-20(14)27(3,22)23/h6-7,9-10,14H,4-5,8H2,1-3H3,(H,18,19,21)/t14-/m1/s1. The summed E-state index contributed by atoms with van der Waals surface area (Å²) in [6.45, 7) is 0.362. The van der Waals surface area contributed by atoms with E-state index in [2.05, 4.69) is 10.3 Å². The Morgan fingerprint density at radius 1 is 1.33 bits per heavy atom. The van der Waals surface area contributed by atoms with E-state index >= 15 is 0 Å². The molecule has 0 saturated carbocycles. The number of sulfonamides is 1. The summed E-state index contributed by atoms with van der Waals surface area (Å²) >= 11 is 1.27. The zero-order chi connectivity index (χ0) is 19.6. The maximum absolute atomic E-state index is 12.5. The Morgan fingerprint density at radius 3 is 2.78 bits per heavy atom. The van der Waals surface area contributed by atoms with Crippen LogP contribution in [0.2, 0.25) is 0 Å². The number of nitrogens with one attached hydrogen (secondary N) is 1. The van der Waals surface area contributed by atoms with Gasteiger partial charge in [-0.2, -0.15) is 4.31 Å². The van der Waals surface area contributed by atoms with Gasteiger partial charge in [-0.05, 0) is 31.0 Å². The molecule has 1 saturated heterocycles. The number of anilines is 1. The maximum Gasteiger partial charge on any atom is 0.244 e. The summed E-state index contributed by atoms with van der Waals surface area (Å²) < 4.78 is 35.5. The third-order valence-electron chi connectivity index (χ3n) is 4.35. The predicted octanol–water partition coefficient (Wildman–Crippen LogP) is 2.19. The van der Waals surface area contributed by atoms with Crippen LogP contribution < -0.4 is 14.8 Å². The van der Waals surface area contributed by atoms with Gasteiger partial charge in [-0.25, -0.2) is 13.4 Å². The maximum atomic E-state index is 12.5. The highest BCUT2D eigenvalue weighted by Gasteiger charge is 2.36. The van der Waals surface area contributed by atoms with Crippen LogP contribution in [0.15, 0.2) is 23.6 Å². The van der Waals surface area contributed by atoms with E-state index in [0.29, 0.717) is 41.7 Å². The molecule has 0 spiro atoms. The number of methoxy groups -OCH3 is 2. The van der Waals surface area contributed by atoms with E-state index in [9.17, 15) is 13.2 Å². The summed E-state index contributed by atoms with van der Waals surface area (Å²) in [5, 5.41) is 4.94. The van der Waals surface area contributed by atoms with Crippen molar-refractivity contribution in [1.82, 2.24) is 9.29 Å². The molecule has 1 N–H and O–H groups in total. The molecular weight excluding hydrogens is 390 g/mol. The summed E-state index contributed by atoms with van der Waals surface area (Å²) in [5.41, 5.74) is 1.38. The van der Waals surface area contributed by atoms with Crippen LogP contribution in [-0.4, -0.2) is 56.7 Å². The fraction of sp³-hybridized carbons (Fsp3) is 0.412. The Morgan fingerprint density at radius 2 is 2.11 bits per heavy atom. The molecule has 1 aliphatic heterocycles. The van der Waals surface area contributed by atoms with Crippen molar-refractivity contribution in [1.29, 1.82) is 0 Å². The van der Waals surface area contributed by atoms with E-state index in [4.69, 9.17) is 9.47 Å². The van der Waals surface area contributed by atoms with E-state index in [0.717, 1.165) is 11.8 Å². The third-order valence-corrected chi connectivity index (χ3v) is 6.40. The molecule has 27 heavy (non-hydrogen) atoms. The van der Waals surface area contributed by atoms with Crippen LogP contribution in [0, 0.1) is 0 Å². The molecule has 1 aromatic heterocycles. The Labute approximate surface area is 162 Å². The third kappa shape index (κ3) is 4.23. The minimum atomic E-state index is -3.42. The highest BCUT2D eigenvalue weighted by molar-refractivity contribution is 7.88. The van der Waals surface area contributed by atoms with Gasteiger partial charge >= 0.3 is 0 Å². The Hall–Kier alpha value is -2.17. The second kappa shape index (κ2) is 7.83. The Kier molecular flexibility index (Phi) is 5.68. The van der Waals surface area contributed by atoms with Gasteiger partial charge in [-0.3, -0.25) is 4.79 Å². The van der Waals surface area contributed by atoms with Crippen LogP contribution in [0.1, 0.15) is 12.8 Å². The van der Waals surface area contributed by atoms with Gasteiger partial charge in [0.2, 0.25) is 15.9 Å². The van der Waals surface area contributed by atoms with Crippen LogP contribution in [0.5, 0.6) is 11.5 Å². The molecule has 1 atom stereocenters. The highest BCUT2D eigenvalue weighted by Crippen LogP contribution is 2.35. The second-order valence-corrected chi connectivity index (χ2v) is 8.92. The molecule has 0 unspecified atom stereocenters. The summed E-state index contributed by atoms with van der Waals surface area (Å²) in [5.74, 6) is 0.939. The summed E-state index contributed by atoms with van der Waals surface area (Å²) in [6, 6.07) is 4.69. The summed E-state index contributed by atoms with van der Waals surface area (Å²) in [6.07, 6.45) is 2.28. The molecular formula is C17H21N3O5S2. The van der Waals surface area contributed by atoms with Crippen molar-refractivity contribution in [2.24, 2.45) is 0 Å². The topological polar surface area (TPSA) is 97.8 Å². The molecule has 8 nitrogen and oxygen atoms in total. The van der Waals surface area contributed by atoms with Gasteiger partial charge < -0.3 is 14.8 Å². The number of ether oxygens (including phenoxy) is 2. The lowest BCUT2D eigenvalue weighted by Crippen LogP contribution is -2.42. The van der Waals surface area contributed by atoms with Crippen molar-refractivity contribution in [2.75, 3.05) is 32.3 Å². The Balaban J connectivity index is 1.80. The van der Waals surface area contributed by atoms with E-state index in [1.165, 1.54) is 15.6 Å². The lowest BCUT2D eigenvalue weighted by Gasteiger charge is -2.20. The number of aromatic nitrogens is 1. The van der Waals surface area contributed by atoms with Crippen molar-refractivity contribution in [3.05, 3.63) is 23.6 Å². The molecule has 10 heteroatoms. The van der Waals surface area contributed by atoms with Gasteiger partial charge in [0.25, 0.3) is 0 Å². The number of hydrogen-bond donors (Lipinski definition) is 1. The molecule has 2 aromatic rings. The number of rotatable bonds is 6. The molecule has 0 aliphatic carbocycles. The SMILES string of the molecule is COc1ccc(OC)c(-c2csc(NC(=O)[C@H]3CCCN3S(C)(=O)=O)n2)c1. The van der Waals surface area contributed by atoms with Gasteiger partial charge in [-0.15, -0.1) is 11.3 Å². The quantitative estimate of drug-likeness (QED) is 0.783. The number of amides is 1. The minimum Gasteiger partial charge on any atom is -0.497 e. The number of hydrogen-bond acceptors (Lipinski definition) is 7. The van der Waals surface area contributed by atoms with Crippen molar-refractivity contribution in [2.45, 2.75) is 18.9 Å². The van der Waals surface area contributed by atoms with Crippen molar-refractivity contribution < 1.29 is 22.7 Å². The Bertz CT molecular complexity index is 942. The largest absolute Gasteiger partial charge is 0.497 e. The van der Waals surface area contributed by atoms with E-state index in [1.54, 1.807) is 31.7 Å². The number of carbonyl (C=O) groups excluding carboxylic acids is 1. The first-order chi connectivity index (χ1) is 12.8. The zero-order valence-corrected chi connectivity index (χ0v) is 16.9. The van der Waals surface area contributed by atoms with Crippen molar-refractivity contribution >= 4 is 32.4 Å². The molecule has 1 aliphatic rings. The van der Waals surface area contributed by atoms with Crippen LogP contribution in [0.4, 0.5) is 5.13 Å². The van der Waals surface area contributed by atoms with Crippen molar-refractivity contribution in [3.63, 3.8) is 0 Å². The summed E-state index contributed by atoms with van der Waals surface area (Å²) in [7, 11) is -0.272. The lowest BCUT2D eigenvalue weighted by atomic mass is 10.1. The number of nitrogens with zero attached hydrogens (tertiary/aromatic N) is 2. The fourth-order valence-electron chi connectivity index (χ4n) is 3.06. The molecule has 2 heterocycles. The molecule has 1 fully saturated rings. The van der Waals surface area contributed by atoms with Crippen LogP contribution in [0.3, 0.4) is 0 Å². The van der Waals surface area contributed by atoms with E-state index in [-0.39, 0.29) is 5.91 Å². The number of benzene rings is 1. The van der Waals surface area contributed by atoms with Gasteiger partial charge in [0.15, 0.2) is 5.13 Å². The zero-order valence-electron chi connectivity index (χ0n) is 15.3. The number of carbonyl (C=O) groups is 1. The van der Waals surface area contributed by atoms with E-state index in [1.807, 2.05) is 6.07 Å². The molecule has 1 amide bonds. The average molecular weight is 412 g/mol. The molecule has 1 aromatic carbocycles. The molecule has 146 valence electrons. The first kappa shape index (κ1) is 19.6. The normalized spacial score (nSPS) is 17.7. The minimum absolute atomic E-state index is 0.362. The summed E-state index contributed by atoms with van der Waals surface area (Å²) in [4.78, 5) is 17.0. The molecule has 0 radical (unpaired) electrons. The molecule has 0 bridgehead atoms. The molecule has 3 rings (SSSR count). The van der Waals surface area contributed by atoms with Crippen LogP contribution in [-0.2, 0) is 14.8 Å². The smallest absolute Gasteiger partial charge is 0.244 e. The van der Waals surface area contributed by atoms with Crippen LogP contribution >= 0.6 is 11.3 Å². The number of thiazole rings is 1. The fourth-order valence-corrected chi connectivity index (χ4v) is 4.89.